The van der Waals surface area contributed by atoms with Crippen molar-refractivity contribution >= 4 is 16.5 Å². The second-order valence-corrected chi connectivity index (χ2v) is 4.49. The van der Waals surface area contributed by atoms with E-state index in [9.17, 15) is 0 Å². The number of anilines is 1. The van der Waals surface area contributed by atoms with Crippen LogP contribution in [-0.4, -0.2) is 23.7 Å². The second kappa shape index (κ2) is 5.98. The molecular weight excluding hydrogens is 196 g/mol. The van der Waals surface area contributed by atoms with E-state index in [1.54, 1.807) is 17.5 Å². The Hall–Kier alpha value is -0.610. The summed E-state index contributed by atoms with van der Waals surface area (Å²) in [6.45, 7) is 3.35. The van der Waals surface area contributed by atoms with Crippen molar-refractivity contribution in [2.45, 2.75) is 32.8 Å². The van der Waals surface area contributed by atoms with Gasteiger partial charge in [-0.2, -0.15) is 0 Å². The van der Waals surface area contributed by atoms with E-state index in [4.69, 9.17) is 5.11 Å². The molecule has 0 aliphatic rings. The molecule has 14 heavy (non-hydrogen) atoms. The predicted molar refractivity (Wildman–Crippen MR) is 60.8 cm³/mol. The fraction of sp³-hybridized carbons (Fsp3) is 0.700. The van der Waals surface area contributed by atoms with Crippen molar-refractivity contribution < 1.29 is 5.11 Å². The second-order valence-electron chi connectivity index (χ2n) is 3.40. The zero-order valence-corrected chi connectivity index (χ0v) is 9.68. The van der Waals surface area contributed by atoms with Gasteiger partial charge in [0.15, 0.2) is 5.13 Å². The molecule has 0 radical (unpaired) electrons. The molecule has 80 valence electrons. The van der Waals surface area contributed by atoms with Crippen LogP contribution in [0.25, 0.3) is 0 Å². The minimum atomic E-state index is 0.0977. The lowest BCUT2D eigenvalue weighted by Gasteiger charge is -2.14. The van der Waals surface area contributed by atoms with Crippen molar-refractivity contribution in [3.8, 4) is 0 Å². The molecule has 1 heterocycles. The van der Waals surface area contributed by atoms with Crippen LogP contribution in [0.4, 0.5) is 5.13 Å². The molecule has 1 N–H and O–H groups in total. The van der Waals surface area contributed by atoms with Gasteiger partial charge < -0.3 is 10.0 Å². The van der Waals surface area contributed by atoms with Crippen molar-refractivity contribution in [1.82, 2.24) is 4.98 Å². The highest BCUT2D eigenvalue weighted by Crippen LogP contribution is 2.21. The topological polar surface area (TPSA) is 36.4 Å². The Bertz CT molecular complexity index is 262. The lowest BCUT2D eigenvalue weighted by molar-refractivity contribution is 0.285. The molecule has 1 rings (SSSR count). The average Bonchev–Trinajstić information content (AvgIpc) is 2.66. The molecule has 3 nitrogen and oxygen atoms in total. The van der Waals surface area contributed by atoms with Gasteiger partial charge in [0, 0.05) is 19.8 Å². The van der Waals surface area contributed by atoms with Crippen LogP contribution in [-0.2, 0) is 6.61 Å². The van der Waals surface area contributed by atoms with E-state index in [1.165, 1.54) is 19.3 Å². The maximum atomic E-state index is 8.90. The first-order valence-electron chi connectivity index (χ1n) is 5.04. The summed E-state index contributed by atoms with van der Waals surface area (Å²) in [6.07, 6.45) is 5.47. The van der Waals surface area contributed by atoms with E-state index in [2.05, 4.69) is 23.9 Å². The molecule has 0 atom stereocenters. The molecule has 0 aliphatic heterocycles. The molecular formula is C10H18N2OS. The first-order chi connectivity index (χ1) is 6.77. The van der Waals surface area contributed by atoms with E-state index in [0.717, 1.165) is 16.6 Å². The van der Waals surface area contributed by atoms with E-state index in [0.29, 0.717) is 0 Å². The number of unbranched alkanes of at least 4 members (excludes halogenated alkanes) is 2. The van der Waals surface area contributed by atoms with E-state index in [1.807, 2.05) is 0 Å². The van der Waals surface area contributed by atoms with Crippen LogP contribution >= 0.6 is 11.3 Å². The molecule has 0 aromatic carbocycles. The van der Waals surface area contributed by atoms with Gasteiger partial charge in [-0.25, -0.2) is 4.98 Å². The Balaban J connectivity index is 2.39. The molecule has 0 bridgehead atoms. The van der Waals surface area contributed by atoms with Gasteiger partial charge in [0.25, 0.3) is 0 Å². The molecule has 1 aromatic rings. The summed E-state index contributed by atoms with van der Waals surface area (Å²) in [5.74, 6) is 0. The normalized spacial score (nSPS) is 10.5. The first-order valence-corrected chi connectivity index (χ1v) is 5.86. The molecule has 0 fully saturated rings. The number of rotatable bonds is 6. The third-order valence-electron chi connectivity index (χ3n) is 2.12. The number of thiazole rings is 1. The van der Waals surface area contributed by atoms with Crippen molar-refractivity contribution in [3.63, 3.8) is 0 Å². The lowest BCUT2D eigenvalue weighted by Crippen LogP contribution is -2.17. The van der Waals surface area contributed by atoms with Crippen LogP contribution in [0.5, 0.6) is 0 Å². The van der Waals surface area contributed by atoms with Gasteiger partial charge in [-0.3, -0.25) is 0 Å². The van der Waals surface area contributed by atoms with Gasteiger partial charge in [-0.05, 0) is 6.42 Å². The molecule has 0 unspecified atom stereocenters. The van der Waals surface area contributed by atoms with E-state index in [-0.39, 0.29) is 6.61 Å². The van der Waals surface area contributed by atoms with Crippen molar-refractivity contribution in [1.29, 1.82) is 0 Å². The summed E-state index contributed by atoms with van der Waals surface area (Å²) in [4.78, 5) is 7.34. The maximum absolute atomic E-state index is 8.90. The minimum Gasteiger partial charge on any atom is -0.391 e. The maximum Gasteiger partial charge on any atom is 0.185 e. The fourth-order valence-electron chi connectivity index (χ4n) is 1.24. The van der Waals surface area contributed by atoms with Crippen LogP contribution in [0.15, 0.2) is 6.20 Å². The largest absolute Gasteiger partial charge is 0.391 e. The van der Waals surface area contributed by atoms with Gasteiger partial charge in [0.2, 0.25) is 0 Å². The quantitative estimate of drug-likeness (QED) is 0.738. The predicted octanol–water partition coefficient (Wildman–Crippen LogP) is 2.26. The van der Waals surface area contributed by atoms with E-state index >= 15 is 0 Å². The third-order valence-corrected chi connectivity index (χ3v) is 3.22. The first kappa shape index (κ1) is 11.5. The Labute approximate surface area is 89.4 Å². The highest BCUT2D eigenvalue weighted by Gasteiger charge is 2.05. The molecule has 0 spiro atoms. The van der Waals surface area contributed by atoms with Crippen molar-refractivity contribution in [2.75, 3.05) is 18.5 Å². The Morgan fingerprint density at radius 2 is 2.29 bits per heavy atom. The molecule has 4 heteroatoms. The number of aliphatic hydroxyl groups excluding tert-OH is 1. The standard InChI is InChI=1S/C10H18N2OS/c1-3-4-5-6-12(2)10-11-7-9(8-13)14-10/h7,13H,3-6,8H2,1-2H3. The smallest absolute Gasteiger partial charge is 0.185 e. The van der Waals surface area contributed by atoms with Crippen LogP contribution in [0.1, 0.15) is 31.1 Å². The zero-order valence-electron chi connectivity index (χ0n) is 8.86. The summed E-state index contributed by atoms with van der Waals surface area (Å²) < 4.78 is 0. The summed E-state index contributed by atoms with van der Waals surface area (Å²) in [7, 11) is 2.05. The monoisotopic (exact) mass is 214 g/mol. The summed E-state index contributed by atoms with van der Waals surface area (Å²) in [5.41, 5.74) is 0. The van der Waals surface area contributed by atoms with Crippen LogP contribution in [0, 0.1) is 0 Å². The Morgan fingerprint density at radius 3 is 2.86 bits per heavy atom. The number of aromatic nitrogens is 1. The van der Waals surface area contributed by atoms with Crippen LogP contribution < -0.4 is 4.90 Å². The van der Waals surface area contributed by atoms with E-state index < -0.39 is 0 Å². The van der Waals surface area contributed by atoms with Gasteiger partial charge in [0.05, 0.1) is 11.5 Å². The van der Waals surface area contributed by atoms with Crippen LogP contribution in [0.3, 0.4) is 0 Å². The minimum absolute atomic E-state index is 0.0977. The number of hydrogen-bond donors (Lipinski definition) is 1. The molecule has 0 saturated heterocycles. The molecule has 0 saturated carbocycles. The van der Waals surface area contributed by atoms with Crippen LogP contribution in [0.2, 0.25) is 0 Å². The highest BCUT2D eigenvalue weighted by molar-refractivity contribution is 7.15. The zero-order chi connectivity index (χ0) is 10.4. The fourth-order valence-corrected chi connectivity index (χ4v) is 2.00. The van der Waals surface area contributed by atoms with Gasteiger partial charge >= 0.3 is 0 Å². The molecule has 1 aromatic heterocycles. The number of nitrogens with zero attached hydrogens (tertiary/aromatic N) is 2. The number of aliphatic hydroxyl groups is 1. The van der Waals surface area contributed by atoms with Gasteiger partial charge in [-0.1, -0.05) is 31.1 Å². The highest BCUT2D eigenvalue weighted by atomic mass is 32.1. The van der Waals surface area contributed by atoms with Gasteiger partial charge in [-0.15, -0.1) is 0 Å². The summed E-state index contributed by atoms with van der Waals surface area (Å²) in [6, 6.07) is 0. The third kappa shape index (κ3) is 3.27. The summed E-state index contributed by atoms with van der Waals surface area (Å²) >= 11 is 1.56. The molecule has 0 amide bonds. The Morgan fingerprint density at radius 1 is 1.50 bits per heavy atom. The summed E-state index contributed by atoms with van der Waals surface area (Å²) in [5, 5.41) is 9.90. The van der Waals surface area contributed by atoms with Crippen molar-refractivity contribution in [2.24, 2.45) is 0 Å². The SMILES string of the molecule is CCCCCN(C)c1ncc(CO)s1. The average molecular weight is 214 g/mol. The van der Waals surface area contributed by atoms with Gasteiger partial charge in [0.1, 0.15) is 0 Å². The molecule has 0 aliphatic carbocycles. The van der Waals surface area contributed by atoms with Crippen molar-refractivity contribution in [3.05, 3.63) is 11.1 Å². The lowest BCUT2D eigenvalue weighted by atomic mass is 10.2. The Kier molecular flexibility index (Phi) is 4.90. The number of hydrogen-bond acceptors (Lipinski definition) is 4.